The minimum absolute atomic E-state index is 0.0375. The number of likely N-dealkylation sites (tertiary alicyclic amines) is 1. The standard InChI is InChI=1S/C15H29NO4Si/c1-7-8-19-13(18)16-10-12(14(2,3)4)9-15(16,11-17)20-21(5)6/h7,12,17,21H,1,8-11H2,2-6H3/t12-,15-/m0/s1. The Hall–Kier alpha value is -0.853. The molecule has 1 amide bonds. The topological polar surface area (TPSA) is 59.0 Å². The summed E-state index contributed by atoms with van der Waals surface area (Å²) in [5.74, 6) is 0.258. The first-order valence-corrected chi connectivity index (χ1v) is 10.3. The zero-order chi connectivity index (χ0) is 16.3. The molecule has 1 aliphatic heterocycles. The second-order valence-corrected chi connectivity index (χ2v) is 9.35. The molecular formula is C15H29NO4Si. The van der Waals surface area contributed by atoms with Crippen LogP contribution in [0.3, 0.4) is 0 Å². The van der Waals surface area contributed by atoms with Crippen molar-refractivity contribution in [3.8, 4) is 0 Å². The lowest BCUT2D eigenvalue weighted by molar-refractivity contribution is -0.0859. The minimum atomic E-state index is -1.43. The molecule has 0 radical (unpaired) electrons. The highest BCUT2D eigenvalue weighted by molar-refractivity contribution is 6.48. The van der Waals surface area contributed by atoms with Crippen LogP contribution in [0.15, 0.2) is 12.7 Å². The maximum Gasteiger partial charge on any atom is 0.412 e. The van der Waals surface area contributed by atoms with E-state index in [-0.39, 0.29) is 24.5 Å². The van der Waals surface area contributed by atoms with Crippen LogP contribution in [0.2, 0.25) is 13.1 Å². The molecule has 2 atom stereocenters. The molecule has 0 saturated carbocycles. The Morgan fingerprint density at radius 1 is 1.52 bits per heavy atom. The van der Waals surface area contributed by atoms with Gasteiger partial charge in [-0.2, -0.15) is 0 Å². The van der Waals surface area contributed by atoms with Gasteiger partial charge < -0.3 is 14.3 Å². The maximum absolute atomic E-state index is 12.3. The fourth-order valence-corrected chi connectivity index (χ4v) is 3.89. The number of hydrogen-bond donors (Lipinski definition) is 1. The lowest BCUT2D eigenvalue weighted by Crippen LogP contribution is -2.54. The predicted octanol–water partition coefficient (Wildman–Crippen LogP) is 2.37. The fourth-order valence-electron chi connectivity index (χ4n) is 2.71. The number of aliphatic hydroxyl groups is 1. The molecule has 0 spiro atoms. The van der Waals surface area contributed by atoms with Crippen molar-refractivity contribution in [2.24, 2.45) is 11.3 Å². The van der Waals surface area contributed by atoms with E-state index < -0.39 is 20.9 Å². The van der Waals surface area contributed by atoms with Crippen molar-refractivity contribution in [3.05, 3.63) is 12.7 Å². The minimum Gasteiger partial charge on any atom is -0.445 e. The molecule has 6 heteroatoms. The second-order valence-electron chi connectivity index (χ2n) is 7.01. The van der Waals surface area contributed by atoms with E-state index >= 15 is 0 Å². The van der Waals surface area contributed by atoms with Gasteiger partial charge in [0.05, 0.1) is 6.61 Å². The molecule has 21 heavy (non-hydrogen) atoms. The van der Waals surface area contributed by atoms with Crippen LogP contribution in [0.5, 0.6) is 0 Å². The van der Waals surface area contributed by atoms with Crippen LogP contribution in [0.25, 0.3) is 0 Å². The van der Waals surface area contributed by atoms with E-state index in [1.165, 1.54) is 6.08 Å². The summed E-state index contributed by atoms with van der Waals surface area (Å²) < 4.78 is 11.2. The summed E-state index contributed by atoms with van der Waals surface area (Å²) in [6.07, 6.45) is 1.74. The first-order valence-electron chi connectivity index (χ1n) is 7.50. The maximum atomic E-state index is 12.3. The zero-order valence-electron chi connectivity index (χ0n) is 13.9. The number of ether oxygens (including phenoxy) is 1. The molecular weight excluding hydrogens is 286 g/mol. The number of hydrogen-bond acceptors (Lipinski definition) is 4. The average Bonchev–Trinajstić information content (AvgIpc) is 2.75. The average molecular weight is 315 g/mol. The van der Waals surface area contributed by atoms with Gasteiger partial charge in [-0.1, -0.05) is 33.4 Å². The number of amides is 1. The Morgan fingerprint density at radius 2 is 2.14 bits per heavy atom. The molecule has 0 unspecified atom stereocenters. The summed E-state index contributed by atoms with van der Waals surface area (Å²) in [7, 11) is -1.43. The third-order valence-electron chi connectivity index (χ3n) is 3.93. The third-order valence-corrected chi connectivity index (χ3v) is 4.84. The van der Waals surface area contributed by atoms with Gasteiger partial charge >= 0.3 is 6.09 Å². The Balaban J connectivity index is 3.02. The number of carbonyl (C=O) groups excluding carboxylic acids is 1. The lowest BCUT2D eigenvalue weighted by Gasteiger charge is -2.37. The zero-order valence-corrected chi connectivity index (χ0v) is 15.0. The summed E-state index contributed by atoms with van der Waals surface area (Å²) in [6, 6.07) is 0. The second kappa shape index (κ2) is 6.94. The lowest BCUT2D eigenvalue weighted by atomic mass is 9.79. The summed E-state index contributed by atoms with van der Waals surface area (Å²) in [6.45, 7) is 14.6. The predicted molar refractivity (Wildman–Crippen MR) is 85.6 cm³/mol. The Bertz CT molecular complexity index is 380. The molecule has 0 bridgehead atoms. The molecule has 1 N–H and O–H groups in total. The van der Waals surface area contributed by atoms with Crippen molar-refractivity contribution in [2.75, 3.05) is 19.8 Å². The number of aliphatic hydroxyl groups excluding tert-OH is 1. The van der Waals surface area contributed by atoms with Gasteiger partial charge in [0.2, 0.25) is 0 Å². The van der Waals surface area contributed by atoms with Crippen LogP contribution >= 0.6 is 0 Å². The highest BCUT2D eigenvalue weighted by atomic mass is 28.3. The van der Waals surface area contributed by atoms with Crippen LogP contribution in [0.1, 0.15) is 27.2 Å². The van der Waals surface area contributed by atoms with Crippen molar-refractivity contribution in [2.45, 2.75) is 46.0 Å². The molecule has 122 valence electrons. The van der Waals surface area contributed by atoms with Crippen LogP contribution in [0.4, 0.5) is 4.79 Å². The van der Waals surface area contributed by atoms with Gasteiger partial charge in [0.25, 0.3) is 0 Å². The van der Waals surface area contributed by atoms with Gasteiger partial charge in [-0.25, -0.2) is 4.79 Å². The summed E-state index contributed by atoms with van der Waals surface area (Å²) in [5.41, 5.74) is -0.896. The molecule has 0 aromatic heterocycles. The van der Waals surface area contributed by atoms with E-state index in [2.05, 4.69) is 27.4 Å². The van der Waals surface area contributed by atoms with E-state index in [9.17, 15) is 9.90 Å². The molecule has 5 nitrogen and oxygen atoms in total. The van der Waals surface area contributed by atoms with Crippen LogP contribution in [0, 0.1) is 11.3 Å². The van der Waals surface area contributed by atoms with Gasteiger partial charge in [-0.3, -0.25) is 4.90 Å². The Morgan fingerprint density at radius 3 is 2.57 bits per heavy atom. The van der Waals surface area contributed by atoms with E-state index in [1.807, 2.05) is 13.1 Å². The highest BCUT2D eigenvalue weighted by Gasteiger charge is 2.52. The monoisotopic (exact) mass is 315 g/mol. The largest absolute Gasteiger partial charge is 0.445 e. The molecule has 0 aliphatic carbocycles. The highest BCUT2D eigenvalue weighted by Crippen LogP contribution is 2.43. The van der Waals surface area contributed by atoms with Crippen molar-refractivity contribution in [1.29, 1.82) is 0 Å². The van der Waals surface area contributed by atoms with Crippen molar-refractivity contribution in [3.63, 3.8) is 0 Å². The van der Waals surface area contributed by atoms with Crippen molar-refractivity contribution in [1.82, 2.24) is 4.90 Å². The van der Waals surface area contributed by atoms with Gasteiger partial charge in [-0.15, -0.1) is 0 Å². The van der Waals surface area contributed by atoms with E-state index in [0.29, 0.717) is 13.0 Å². The molecule has 1 aliphatic rings. The van der Waals surface area contributed by atoms with E-state index in [0.717, 1.165) is 0 Å². The van der Waals surface area contributed by atoms with Gasteiger partial charge in [0.1, 0.15) is 6.61 Å². The van der Waals surface area contributed by atoms with Crippen molar-refractivity contribution >= 4 is 15.1 Å². The van der Waals surface area contributed by atoms with Gasteiger partial charge in [-0.05, 0) is 24.4 Å². The van der Waals surface area contributed by atoms with Crippen LogP contribution < -0.4 is 0 Å². The third kappa shape index (κ3) is 4.31. The van der Waals surface area contributed by atoms with E-state index in [4.69, 9.17) is 9.16 Å². The normalized spacial score (nSPS) is 26.2. The van der Waals surface area contributed by atoms with E-state index in [1.54, 1.807) is 4.90 Å². The summed E-state index contributed by atoms with van der Waals surface area (Å²) >= 11 is 0. The smallest absolute Gasteiger partial charge is 0.412 e. The number of carbonyl (C=O) groups is 1. The molecule has 1 rings (SSSR count). The fraction of sp³-hybridized carbons (Fsp3) is 0.800. The van der Waals surface area contributed by atoms with Crippen LogP contribution in [-0.4, -0.2) is 50.6 Å². The van der Waals surface area contributed by atoms with Gasteiger partial charge in [0, 0.05) is 13.0 Å². The number of nitrogens with zero attached hydrogens (tertiary/aromatic N) is 1. The molecule has 0 aromatic carbocycles. The Labute approximate surface area is 129 Å². The summed E-state index contributed by atoms with van der Waals surface area (Å²) in [4.78, 5) is 13.9. The first-order chi connectivity index (χ1) is 9.66. The molecule has 0 aromatic rings. The first kappa shape index (κ1) is 18.2. The quantitative estimate of drug-likeness (QED) is 0.625. The van der Waals surface area contributed by atoms with Crippen LogP contribution in [-0.2, 0) is 9.16 Å². The summed E-state index contributed by atoms with van der Waals surface area (Å²) in [5, 5.41) is 9.92. The molecule has 1 saturated heterocycles. The van der Waals surface area contributed by atoms with Crippen molar-refractivity contribution < 1.29 is 19.1 Å². The number of rotatable bonds is 5. The van der Waals surface area contributed by atoms with Gasteiger partial charge in [0.15, 0.2) is 14.8 Å². The molecule has 1 fully saturated rings. The molecule has 1 heterocycles. The Kier molecular flexibility index (Phi) is 6.01. The SMILES string of the molecule is C=CCOC(=O)N1C[C@@H](C(C)(C)C)C[C@@]1(CO)O[SiH](C)C.